The first-order valence-corrected chi connectivity index (χ1v) is 9.18. The molecule has 2 heterocycles. The molecule has 1 aromatic heterocycles. The number of nitrogens with two attached hydrogens (primary N) is 1. The van der Waals surface area contributed by atoms with Crippen LogP contribution in [-0.4, -0.2) is 44.0 Å². The molecule has 0 aliphatic carbocycles. The predicted octanol–water partition coefficient (Wildman–Crippen LogP) is 2.36. The van der Waals surface area contributed by atoms with Gasteiger partial charge in [-0.1, -0.05) is 0 Å². The van der Waals surface area contributed by atoms with Crippen LogP contribution in [0, 0.1) is 5.92 Å². The molecule has 1 aliphatic heterocycles. The van der Waals surface area contributed by atoms with E-state index < -0.39 is 5.91 Å². The Kier molecular flexibility index (Phi) is 5.41. The number of hydrogen-bond acceptors (Lipinski definition) is 7. The van der Waals surface area contributed by atoms with Gasteiger partial charge in [0, 0.05) is 30.0 Å². The van der Waals surface area contributed by atoms with Gasteiger partial charge < -0.3 is 20.1 Å². The maximum atomic E-state index is 12.9. The summed E-state index contributed by atoms with van der Waals surface area (Å²) in [6.45, 7) is 1.38. The number of nitrogens with zero attached hydrogens (tertiary/aromatic N) is 2. The molecule has 2 aromatic rings. The van der Waals surface area contributed by atoms with Gasteiger partial charge in [0.15, 0.2) is 22.4 Å². The number of hydrogen-bond donors (Lipinski definition) is 1. The van der Waals surface area contributed by atoms with Crippen LogP contribution in [0.5, 0.6) is 11.5 Å². The van der Waals surface area contributed by atoms with Crippen LogP contribution in [0.1, 0.15) is 33.7 Å². The molecule has 0 unspecified atom stereocenters. The lowest BCUT2D eigenvalue weighted by Gasteiger charge is -2.31. The average molecular weight is 375 g/mol. The van der Waals surface area contributed by atoms with E-state index in [2.05, 4.69) is 4.98 Å². The molecule has 138 valence electrons. The molecule has 3 rings (SSSR count). The van der Waals surface area contributed by atoms with Gasteiger partial charge in [-0.15, -0.1) is 11.3 Å². The lowest BCUT2D eigenvalue weighted by molar-refractivity contribution is 0.0906. The van der Waals surface area contributed by atoms with E-state index in [4.69, 9.17) is 15.2 Å². The Bertz CT molecular complexity index is 821. The second-order valence-electron chi connectivity index (χ2n) is 6.10. The lowest BCUT2D eigenvalue weighted by atomic mass is 9.90. The molecule has 7 nitrogen and oxygen atoms in total. The number of ether oxygens (including phenoxy) is 2. The molecule has 1 aromatic carbocycles. The van der Waals surface area contributed by atoms with E-state index >= 15 is 0 Å². The summed E-state index contributed by atoms with van der Waals surface area (Å²) in [5, 5.41) is 2.38. The van der Waals surface area contributed by atoms with Gasteiger partial charge in [0.2, 0.25) is 0 Å². The fourth-order valence-corrected chi connectivity index (χ4v) is 3.96. The fraction of sp³-hybridized carbons (Fsp3) is 0.389. The third-order valence-corrected chi connectivity index (χ3v) is 5.38. The largest absolute Gasteiger partial charge is 0.493 e. The van der Waals surface area contributed by atoms with Crippen LogP contribution in [-0.2, 0) is 0 Å². The third-order valence-electron chi connectivity index (χ3n) is 4.48. The summed E-state index contributed by atoms with van der Waals surface area (Å²) >= 11 is 1.37. The van der Waals surface area contributed by atoms with Gasteiger partial charge >= 0.3 is 0 Å². The zero-order chi connectivity index (χ0) is 18.7. The van der Waals surface area contributed by atoms with Crippen molar-refractivity contribution in [1.82, 2.24) is 4.98 Å². The Hall–Kier alpha value is -2.61. The van der Waals surface area contributed by atoms with Crippen molar-refractivity contribution < 1.29 is 19.1 Å². The number of anilines is 1. The number of aromatic nitrogens is 1. The van der Waals surface area contributed by atoms with Gasteiger partial charge in [0.25, 0.3) is 5.91 Å². The maximum absolute atomic E-state index is 12.9. The number of ketones is 1. The topological polar surface area (TPSA) is 94.8 Å². The Morgan fingerprint density at radius 3 is 2.69 bits per heavy atom. The van der Waals surface area contributed by atoms with Crippen molar-refractivity contribution >= 4 is 28.2 Å². The number of rotatable bonds is 6. The van der Waals surface area contributed by atoms with Gasteiger partial charge in [-0.05, 0) is 31.0 Å². The second-order valence-corrected chi connectivity index (χ2v) is 6.94. The molecule has 1 fully saturated rings. The minimum atomic E-state index is -0.539. The number of thiazole rings is 1. The minimum absolute atomic E-state index is 0.0716. The molecule has 8 heteroatoms. The van der Waals surface area contributed by atoms with Gasteiger partial charge in [0.1, 0.15) is 5.69 Å². The van der Waals surface area contributed by atoms with E-state index in [-0.39, 0.29) is 17.4 Å². The fourth-order valence-electron chi connectivity index (χ4n) is 3.11. The first-order chi connectivity index (χ1) is 12.5. The maximum Gasteiger partial charge on any atom is 0.268 e. The highest BCUT2D eigenvalue weighted by atomic mass is 32.1. The van der Waals surface area contributed by atoms with Crippen LogP contribution in [0.25, 0.3) is 0 Å². The van der Waals surface area contributed by atoms with Crippen molar-refractivity contribution in [3.63, 3.8) is 0 Å². The van der Waals surface area contributed by atoms with E-state index in [1.54, 1.807) is 37.8 Å². The van der Waals surface area contributed by atoms with Gasteiger partial charge in [-0.3, -0.25) is 9.59 Å². The predicted molar refractivity (Wildman–Crippen MR) is 99.4 cm³/mol. The number of primary amides is 1. The summed E-state index contributed by atoms with van der Waals surface area (Å²) in [6.07, 6.45) is 1.70. The Morgan fingerprint density at radius 2 is 2.04 bits per heavy atom. The lowest BCUT2D eigenvalue weighted by Crippen LogP contribution is -2.38. The molecule has 1 saturated heterocycles. The number of methoxy groups -OCH3 is 2. The standard InChI is InChI=1S/C18H21N3O4S/c1-24-14-6-5-11(8-15(14)25-2)16(22)12-4-3-7-21(9-12)18-20-13(10-26-18)17(19)23/h5-6,8,10,12H,3-4,7,9H2,1-2H3,(H2,19,23)/t12-/m1/s1. The van der Waals surface area contributed by atoms with Gasteiger partial charge in [-0.2, -0.15) is 0 Å². The Morgan fingerprint density at radius 1 is 1.27 bits per heavy atom. The third kappa shape index (κ3) is 3.65. The Labute approximate surface area is 155 Å². The number of piperidine rings is 1. The van der Waals surface area contributed by atoms with Crippen LogP contribution in [0.4, 0.5) is 5.13 Å². The molecule has 0 spiro atoms. The molecule has 26 heavy (non-hydrogen) atoms. The molecule has 2 N–H and O–H groups in total. The molecule has 0 radical (unpaired) electrons. The van der Waals surface area contributed by atoms with Crippen molar-refractivity contribution in [1.29, 1.82) is 0 Å². The van der Waals surface area contributed by atoms with Crippen molar-refractivity contribution in [3.8, 4) is 11.5 Å². The summed E-state index contributed by atoms with van der Waals surface area (Å²) < 4.78 is 10.5. The van der Waals surface area contributed by atoms with E-state index in [1.165, 1.54) is 11.3 Å². The van der Waals surface area contributed by atoms with E-state index in [9.17, 15) is 9.59 Å². The van der Waals surface area contributed by atoms with Gasteiger partial charge in [0.05, 0.1) is 14.2 Å². The summed E-state index contributed by atoms with van der Waals surface area (Å²) in [6, 6.07) is 5.22. The van der Waals surface area contributed by atoms with E-state index in [1.807, 2.05) is 4.90 Å². The van der Waals surface area contributed by atoms with Crippen LogP contribution in [0.2, 0.25) is 0 Å². The molecular formula is C18H21N3O4S. The summed E-state index contributed by atoms with van der Waals surface area (Å²) in [5.41, 5.74) is 6.14. The highest BCUT2D eigenvalue weighted by Gasteiger charge is 2.28. The van der Waals surface area contributed by atoms with Crippen LogP contribution < -0.4 is 20.1 Å². The van der Waals surface area contributed by atoms with E-state index in [0.717, 1.165) is 24.5 Å². The van der Waals surface area contributed by atoms with Crippen molar-refractivity contribution in [2.75, 3.05) is 32.2 Å². The number of Topliss-reactive ketones (excluding diaryl/α,β-unsaturated/α-hetero) is 1. The molecule has 1 atom stereocenters. The van der Waals surface area contributed by atoms with E-state index in [0.29, 0.717) is 23.6 Å². The summed E-state index contributed by atoms with van der Waals surface area (Å²) in [4.78, 5) is 30.5. The monoisotopic (exact) mass is 375 g/mol. The Balaban J connectivity index is 1.76. The van der Waals surface area contributed by atoms with Crippen molar-refractivity contribution in [2.45, 2.75) is 12.8 Å². The molecule has 1 aliphatic rings. The van der Waals surface area contributed by atoms with Crippen molar-refractivity contribution in [2.24, 2.45) is 11.7 Å². The minimum Gasteiger partial charge on any atom is -0.493 e. The van der Waals surface area contributed by atoms with Crippen LogP contribution >= 0.6 is 11.3 Å². The highest BCUT2D eigenvalue weighted by Crippen LogP contribution is 2.31. The number of benzene rings is 1. The average Bonchev–Trinajstić information content (AvgIpc) is 3.17. The SMILES string of the molecule is COc1ccc(C(=O)[C@@H]2CCCN(c3nc(C(N)=O)cs3)C2)cc1OC. The highest BCUT2D eigenvalue weighted by molar-refractivity contribution is 7.13. The second kappa shape index (κ2) is 7.74. The zero-order valence-corrected chi connectivity index (χ0v) is 15.5. The molecule has 0 saturated carbocycles. The number of amides is 1. The van der Waals surface area contributed by atoms with Gasteiger partial charge in [-0.25, -0.2) is 4.98 Å². The zero-order valence-electron chi connectivity index (χ0n) is 14.7. The number of carbonyl (C=O) groups excluding carboxylic acids is 2. The van der Waals surface area contributed by atoms with Crippen molar-refractivity contribution in [3.05, 3.63) is 34.8 Å². The van der Waals surface area contributed by atoms with Crippen LogP contribution in [0.3, 0.4) is 0 Å². The molecule has 1 amide bonds. The molecule has 0 bridgehead atoms. The number of carbonyl (C=O) groups is 2. The van der Waals surface area contributed by atoms with Crippen LogP contribution in [0.15, 0.2) is 23.6 Å². The quantitative estimate of drug-likeness (QED) is 0.779. The summed E-state index contributed by atoms with van der Waals surface area (Å²) in [7, 11) is 3.11. The first-order valence-electron chi connectivity index (χ1n) is 8.30. The first kappa shape index (κ1) is 18.2. The summed E-state index contributed by atoms with van der Waals surface area (Å²) in [5.74, 6) is 0.528. The smallest absolute Gasteiger partial charge is 0.268 e. The molecular weight excluding hydrogens is 354 g/mol. The normalized spacial score (nSPS) is 17.0.